The molecule has 0 aromatic rings. The molecule has 0 heterocycles. The quantitative estimate of drug-likeness (QED) is 0.0791. The summed E-state index contributed by atoms with van der Waals surface area (Å²) in [6.07, 6.45) is 30.0. The molecule has 0 unspecified atom stereocenters. The second-order valence-corrected chi connectivity index (χ2v) is 11.3. The number of aliphatic hydroxyl groups is 4. The maximum Gasteiger partial charge on any atom is 4.00 e. The minimum Gasteiger partial charge on any atom is 4.00 e. The van der Waals surface area contributed by atoms with Crippen LogP contribution in [0.4, 0.5) is 0 Å². The van der Waals surface area contributed by atoms with Crippen molar-refractivity contribution in [1.29, 1.82) is 0 Å². The monoisotopic (exact) mass is 888 g/mol. The maximum atomic E-state index is 8.50. The Balaban J connectivity index is -0.0000000557. The van der Waals surface area contributed by atoms with Crippen LogP contribution in [0.15, 0.2) is 0 Å². The molecule has 0 radical (unpaired) electrons. The van der Waals surface area contributed by atoms with E-state index in [9.17, 15) is 0 Å². The summed E-state index contributed by atoms with van der Waals surface area (Å²) in [6.45, 7) is 10.3. The van der Waals surface area contributed by atoms with Crippen molar-refractivity contribution in [1.82, 2.24) is 0 Å². The zero-order chi connectivity index (χ0) is 38.6. The Bertz CT molecular complexity index is 374. The van der Waals surface area contributed by atoms with E-state index in [1.807, 2.05) is 0 Å². The van der Waals surface area contributed by atoms with Crippen LogP contribution < -0.4 is 14.8 Å². The number of unbranched alkanes of at least 4 members (excludes halogenated alkanes) is 20. The van der Waals surface area contributed by atoms with Gasteiger partial charge in [0.05, 0.1) is 0 Å². The second-order valence-electron chi connectivity index (χ2n) is 10.3. The van der Waals surface area contributed by atoms with Crippen molar-refractivity contribution in [2.75, 3.05) is 26.4 Å². The third-order valence-electron chi connectivity index (χ3n) is 6.05. The molecule has 49 heavy (non-hydrogen) atoms. The first-order valence-corrected chi connectivity index (χ1v) is 22.8. The van der Waals surface area contributed by atoms with Gasteiger partial charge in [0.1, 0.15) is 0 Å². The first-order valence-electron chi connectivity index (χ1n) is 17.7. The fourth-order valence-corrected chi connectivity index (χ4v) is 3.57. The van der Waals surface area contributed by atoms with Crippen molar-refractivity contribution >= 4 is 0 Å². The fraction of sp³-hybridized carbons (Fsp3) is 1.00. The Morgan fingerprint density at radius 1 is 0.306 bits per heavy atom. The topological polar surface area (TPSA) is 241 Å². The van der Waals surface area contributed by atoms with Gasteiger partial charge in [0.15, 0.2) is 0 Å². The van der Waals surface area contributed by atoms with Crippen molar-refractivity contribution in [2.45, 2.75) is 182 Å². The van der Waals surface area contributed by atoms with E-state index in [0.717, 1.165) is 25.7 Å². The Labute approximate surface area is 353 Å². The summed E-state index contributed by atoms with van der Waals surface area (Å²) < 4.78 is 68.0. The van der Waals surface area contributed by atoms with Crippen LogP contribution in [0.5, 0.6) is 0 Å². The predicted molar refractivity (Wildman–Crippen MR) is 165 cm³/mol. The summed E-state index contributed by atoms with van der Waals surface area (Å²) in [5.74, 6) is 0. The van der Waals surface area contributed by atoms with E-state index in [0.29, 0.717) is 26.4 Å². The van der Waals surface area contributed by atoms with Gasteiger partial charge < -0.3 is 20.4 Å². The minimum atomic E-state index is -2.00. The van der Waals surface area contributed by atoms with Gasteiger partial charge in [-0.1, -0.05) is 156 Å². The number of rotatable bonds is 24. The molecular weight excluding hydrogens is 816 g/mol. The van der Waals surface area contributed by atoms with Gasteiger partial charge in [0.2, 0.25) is 0 Å². The Morgan fingerprint density at radius 2 is 0.408 bits per heavy atom. The normalized spacial score (nSPS) is 8.08. The Morgan fingerprint density at radius 3 is 0.510 bits per heavy atom. The van der Waals surface area contributed by atoms with E-state index in [1.54, 1.807) is 0 Å². The van der Waals surface area contributed by atoms with E-state index in [-0.39, 0.29) is 21.7 Å². The first-order chi connectivity index (χ1) is 23.3. The van der Waals surface area contributed by atoms with E-state index in [1.165, 1.54) is 128 Å². The predicted octanol–water partition coefficient (Wildman–Crippen LogP) is 4.11. The molecule has 0 aromatic heterocycles. The van der Waals surface area contributed by atoms with Crippen LogP contribution in [-0.2, 0) is 113 Å². The average molecular weight is 888 g/mol. The van der Waals surface area contributed by atoms with Crippen molar-refractivity contribution in [3.63, 3.8) is 0 Å². The number of hydrogen-bond donors (Lipinski definition) is 4. The standard InChI is InChI=1S/4C8H18O.8O.5Ti/c4*1-2-3-4-5-6-7-8-9;;;;;;;;;;;;;/h4*9H,2-8H2,1H3;;;;;;;;;;;;;/q;;;;;;;;4*-1;;;;;+4. The Kier molecular flexibility index (Phi) is 154. The van der Waals surface area contributed by atoms with Gasteiger partial charge in [0.25, 0.3) is 0 Å². The number of aliphatic hydroxyl groups excluding tert-OH is 4. The van der Waals surface area contributed by atoms with Crippen molar-refractivity contribution in [3.8, 4) is 0 Å². The third-order valence-corrected chi connectivity index (χ3v) is 6.05. The molecule has 0 atom stereocenters. The van der Waals surface area contributed by atoms with E-state index in [2.05, 4.69) is 27.7 Å². The summed E-state index contributed by atoms with van der Waals surface area (Å²) >= 11 is -8.00. The molecule has 0 aliphatic carbocycles. The average Bonchev–Trinajstić information content (AvgIpc) is 3.07. The van der Waals surface area contributed by atoms with Gasteiger partial charge >= 0.3 is 128 Å². The molecule has 292 valence electrons. The Hall–Kier alpha value is 2.45. The van der Waals surface area contributed by atoms with Gasteiger partial charge in [-0.05, 0) is 25.7 Å². The molecular formula is C32H72O12Ti5. The second kappa shape index (κ2) is 104. The van der Waals surface area contributed by atoms with Gasteiger partial charge in [-0.25, -0.2) is 0 Å². The minimum absolute atomic E-state index is 0. The fourth-order valence-electron chi connectivity index (χ4n) is 3.57. The molecule has 0 amide bonds. The maximum absolute atomic E-state index is 8.50. The smallest absolute Gasteiger partial charge is 4.00 e. The molecule has 0 saturated carbocycles. The van der Waals surface area contributed by atoms with Crippen LogP contribution in [0.2, 0.25) is 0 Å². The van der Waals surface area contributed by atoms with E-state index in [4.69, 9.17) is 48.5 Å². The van der Waals surface area contributed by atoms with Crippen LogP contribution in [0, 0.1) is 0 Å². The molecule has 0 aromatic carbocycles. The molecule has 4 N–H and O–H groups in total. The zero-order valence-corrected chi connectivity index (χ0v) is 39.2. The summed E-state index contributed by atoms with van der Waals surface area (Å²) in [5, 5.41) is 33.7. The largest absolute Gasteiger partial charge is 4.00 e. The molecule has 0 aliphatic rings. The number of hydrogen-bond acceptors (Lipinski definition) is 12. The van der Waals surface area contributed by atoms with Crippen molar-refractivity contribution in [2.24, 2.45) is 0 Å². The molecule has 0 aliphatic heterocycles. The molecule has 17 heteroatoms. The summed E-state index contributed by atoms with van der Waals surface area (Å²) in [6, 6.07) is 0. The van der Waals surface area contributed by atoms with Gasteiger partial charge in [0, 0.05) is 26.4 Å². The molecule has 0 fully saturated rings. The summed E-state index contributed by atoms with van der Waals surface area (Å²) in [5.41, 5.74) is 0. The molecule has 0 bridgehead atoms. The summed E-state index contributed by atoms with van der Waals surface area (Å²) in [4.78, 5) is 0. The zero-order valence-electron chi connectivity index (χ0n) is 31.4. The van der Waals surface area contributed by atoms with Crippen LogP contribution in [-0.4, -0.2) is 46.9 Å². The van der Waals surface area contributed by atoms with Gasteiger partial charge in [-0.15, -0.1) is 0 Å². The first kappa shape index (κ1) is 72.7. The summed E-state index contributed by atoms with van der Waals surface area (Å²) in [7, 11) is 0. The van der Waals surface area contributed by atoms with Crippen LogP contribution in [0.3, 0.4) is 0 Å². The van der Waals surface area contributed by atoms with Crippen molar-refractivity contribution in [3.05, 3.63) is 0 Å². The van der Waals surface area contributed by atoms with Crippen LogP contribution >= 0.6 is 0 Å². The molecule has 0 spiro atoms. The molecule has 0 saturated heterocycles. The van der Waals surface area contributed by atoms with Crippen LogP contribution in [0.1, 0.15) is 182 Å². The van der Waals surface area contributed by atoms with Gasteiger partial charge in [-0.3, -0.25) is 0 Å². The molecule has 12 nitrogen and oxygen atoms in total. The van der Waals surface area contributed by atoms with E-state index >= 15 is 0 Å². The van der Waals surface area contributed by atoms with Crippen LogP contribution in [0.25, 0.3) is 0 Å². The van der Waals surface area contributed by atoms with E-state index < -0.39 is 78.0 Å². The van der Waals surface area contributed by atoms with Gasteiger partial charge in [-0.2, -0.15) is 0 Å². The third kappa shape index (κ3) is 169. The molecule has 0 rings (SSSR count). The van der Waals surface area contributed by atoms with Crippen molar-refractivity contribution < 1.29 is 148 Å². The SMILES string of the molecule is CCCCCCCCO.CCCCCCCCO.CCCCCCCCO.CCCCCCCCO.[O]=[Ti][O-].[O]=[Ti][O-].[O]=[Ti][O-].[O]=[Ti][O-].[Ti+4].